The lowest BCUT2D eigenvalue weighted by atomic mass is 10.2. The van der Waals surface area contributed by atoms with Crippen molar-refractivity contribution >= 4 is 56.1 Å². The Balaban J connectivity index is 1.85. The van der Waals surface area contributed by atoms with Gasteiger partial charge >= 0.3 is 0 Å². The van der Waals surface area contributed by atoms with Gasteiger partial charge in [0, 0.05) is 10.3 Å². The third-order valence-electron chi connectivity index (χ3n) is 2.99. The van der Waals surface area contributed by atoms with Gasteiger partial charge < -0.3 is 11.1 Å². The molecule has 1 unspecified atom stereocenters. The van der Waals surface area contributed by atoms with Crippen LogP contribution in [0.4, 0.5) is 5.69 Å². The van der Waals surface area contributed by atoms with Crippen molar-refractivity contribution in [1.29, 1.82) is 0 Å². The molecule has 3 N–H and O–H groups in total. The molecule has 0 aliphatic heterocycles. The molecule has 0 saturated carbocycles. The van der Waals surface area contributed by atoms with Gasteiger partial charge in [0.25, 0.3) is 5.91 Å². The number of rotatable bonds is 3. The Morgan fingerprint density at radius 1 is 1.38 bits per heavy atom. The predicted octanol–water partition coefficient (Wildman–Crippen LogP) is 3.48. The normalized spacial score (nSPS) is 12.5. The van der Waals surface area contributed by atoms with Gasteiger partial charge in [0.15, 0.2) is 0 Å². The number of nitrogens with two attached hydrogens (primary N) is 1. The summed E-state index contributed by atoms with van der Waals surface area (Å²) in [7, 11) is 0. The second kappa shape index (κ2) is 5.59. The quantitative estimate of drug-likeness (QED) is 0.766. The lowest BCUT2D eigenvalue weighted by Gasteiger charge is -2.11. The molecule has 1 amide bonds. The zero-order valence-electron chi connectivity index (χ0n) is 11.0. The number of carbonyl (C=O) groups excluding carboxylic acids is 1. The van der Waals surface area contributed by atoms with E-state index in [1.165, 1.54) is 22.7 Å². The minimum atomic E-state index is -0.215. The second-order valence-electron chi connectivity index (χ2n) is 4.43. The van der Waals surface area contributed by atoms with Crippen molar-refractivity contribution in [3.05, 3.63) is 38.5 Å². The van der Waals surface area contributed by atoms with Crippen molar-refractivity contribution in [2.45, 2.75) is 13.0 Å². The minimum absolute atomic E-state index is 0.134. The molecule has 0 fully saturated rings. The van der Waals surface area contributed by atoms with Gasteiger partial charge in [-0.25, -0.2) is 0 Å². The molecule has 108 valence electrons. The summed E-state index contributed by atoms with van der Waals surface area (Å²) in [6.45, 7) is 1.91. The first-order valence-corrected chi connectivity index (χ1v) is 8.13. The van der Waals surface area contributed by atoms with Crippen LogP contribution in [0, 0.1) is 0 Å². The van der Waals surface area contributed by atoms with E-state index in [2.05, 4.69) is 15.5 Å². The van der Waals surface area contributed by atoms with Gasteiger partial charge in [0.1, 0.15) is 9.71 Å². The Bertz CT molecular complexity index is 813. The van der Waals surface area contributed by atoms with Gasteiger partial charge in [0.2, 0.25) is 0 Å². The molecule has 3 aromatic heterocycles. The van der Waals surface area contributed by atoms with Crippen molar-refractivity contribution in [2.24, 2.45) is 0 Å². The summed E-state index contributed by atoms with van der Waals surface area (Å²) < 4.78 is 0.697. The Hall–Kier alpha value is -1.70. The number of thiophene rings is 2. The molecule has 0 aliphatic carbocycles. The Morgan fingerprint density at radius 3 is 2.86 bits per heavy atom. The van der Waals surface area contributed by atoms with Crippen LogP contribution in [0.1, 0.15) is 27.5 Å². The number of carbonyl (C=O) groups is 1. The summed E-state index contributed by atoms with van der Waals surface area (Å²) in [4.78, 5) is 14.5. The lowest BCUT2D eigenvalue weighted by Crippen LogP contribution is -2.25. The fraction of sp³-hybridized carbons (Fsp3) is 0.154. The van der Waals surface area contributed by atoms with Gasteiger partial charge in [-0.15, -0.1) is 27.8 Å². The minimum Gasteiger partial charge on any atom is -0.397 e. The smallest absolute Gasteiger partial charge is 0.264 e. The van der Waals surface area contributed by atoms with E-state index in [-0.39, 0.29) is 11.9 Å². The zero-order chi connectivity index (χ0) is 15.0. The number of anilines is 1. The summed E-state index contributed by atoms with van der Waals surface area (Å²) in [6.07, 6.45) is 1.56. The molecule has 0 spiro atoms. The van der Waals surface area contributed by atoms with E-state index in [1.807, 2.05) is 19.1 Å². The van der Waals surface area contributed by atoms with Gasteiger partial charge in [0.05, 0.1) is 22.3 Å². The largest absolute Gasteiger partial charge is 0.397 e. The lowest BCUT2D eigenvalue weighted by molar-refractivity contribution is 0.0945. The number of hydrogen-bond donors (Lipinski definition) is 2. The van der Waals surface area contributed by atoms with Crippen LogP contribution in [-0.2, 0) is 0 Å². The molecule has 21 heavy (non-hydrogen) atoms. The maximum absolute atomic E-state index is 12.4. The molecular weight excluding hydrogens is 328 g/mol. The van der Waals surface area contributed by atoms with Crippen LogP contribution in [0.2, 0.25) is 4.34 Å². The van der Waals surface area contributed by atoms with E-state index in [4.69, 9.17) is 17.3 Å². The Morgan fingerprint density at radius 2 is 2.19 bits per heavy atom. The SMILES string of the molecule is CC(NC(=O)c1sc2nnccc2c1N)c1ccc(Cl)s1. The fourth-order valence-corrected chi connectivity index (χ4v) is 3.94. The van der Waals surface area contributed by atoms with Gasteiger partial charge in [-0.1, -0.05) is 11.6 Å². The highest BCUT2D eigenvalue weighted by Gasteiger charge is 2.19. The van der Waals surface area contributed by atoms with E-state index in [0.29, 0.717) is 19.7 Å². The van der Waals surface area contributed by atoms with Gasteiger partial charge in [-0.3, -0.25) is 4.79 Å². The van der Waals surface area contributed by atoms with E-state index in [0.717, 1.165) is 10.3 Å². The van der Waals surface area contributed by atoms with Crippen LogP contribution in [0.15, 0.2) is 24.4 Å². The number of aromatic nitrogens is 2. The molecule has 3 aromatic rings. The van der Waals surface area contributed by atoms with E-state index in [1.54, 1.807) is 12.3 Å². The number of halogens is 1. The van der Waals surface area contributed by atoms with Crippen LogP contribution in [0.25, 0.3) is 10.2 Å². The number of nitrogens with one attached hydrogen (secondary N) is 1. The molecule has 0 radical (unpaired) electrons. The summed E-state index contributed by atoms with van der Waals surface area (Å²) in [5, 5.41) is 11.5. The summed E-state index contributed by atoms with van der Waals surface area (Å²) >= 11 is 8.59. The number of fused-ring (bicyclic) bond motifs is 1. The second-order valence-corrected chi connectivity index (χ2v) is 7.18. The number of amides is 1. The highest BCUT2D eigenvalue weighted by atomic mass is 35.5. The first kappa shape index (κ1) is 14.2. The summed E-state index contributed by atoms with van der Waals surface area (Å²) in [6, 6.07) is 5.34. The first-order chi connectivity index (χ1) is 10.1. The maximum Gasteiger partial charge on any atom is 0.264 e. The van der Waals surface area contributed by atoms with Crippen LogP contribution in [0.3, 0.4) is 0 Å². The van der Waals surface area contributed by atoms with Crippen LogP contribution in [0.5, 0.6) is 0 Å². The topological polar surface area (TPSA) is 80.9 Å². The average Bonchev–Trinajstić information content (AvgIpc) is 3.04. The highest BCUT2D eigenvalue weighted by Crippen LogP contribution is 2.32. The Labute approximate surface area is 133 Å². The monoisotopic (exact) mass is 338 g/mol. The highest BCUT2D eigenvalue weighted by molar-refractivity contribution is 7.21. The molecule has 8 heteroatoms. The number of hydrogen-bond acceptors (Lipinski definition) is 6. The van der Waals surface area contributed by atoms with Crippen molar-refractivity contribution in [2.75, 3.05) is 5.73 Å². The number of nitrogens with zero attached hydrogens (tertiary/aromatic N) is 2. The van der Waals surface area contributed by atoms with Crippen LogP contribution >= 0.6 is 34.3 Å². The van der Waals surface area contributed by atoms with Crippen molar-refractivity contribution < 1.29 is 4.79 Å². The van der Waals surface area contributed by atoms with Crippen molar-refractivity contribution in [1.82, 2.24) is 15.5 Å². The fourth-order valence-electron chi connectivity index (χ4n) is 1.94. The van der Waals surface area contributed by atoms with Gasteiger partial charge in [-0.05, 0) is 25.1 Å². The van der Waals surface area contributed by atoms with Crippen molar-refractivity contribution in [3.8, 4) is 0 Å². The van der Waals surface area contributed by atoms with Crippen molar-refractivity contribution in [3.63, 3.8) is 0 Å². The van der Waals surface area contributed by atoms with E-state index < -0.39 is 0 Å². The molecule has 3 heterocycles. The van der Waals surface area contributed by atoms with E-state index in [9.17, 15) is 4.79 Å². The van der Waals surface area contributed by atoms with Crippen LogP contribution < -0.4 is 11.1 Å². The van der Waals surface area contributed by atoms with E-state index >= 15 is 0 Å². The predicted molar refractivity (Wildman–Crippen MR) is 87.0 cm³/mol. The third-order valence-corrected chi connectivity index (χ3v) is 5.51. The standard InChI is InChI=1S/C13H11ClN4OS2/c1-6(8-2-3-9(14)20-8)17-12(19)11-10(15)7-4-5-16-18-13(7)21-11/h2-6H,15H2,1H3,(H,17,19). The molecule has 5 nitrogen and oxygen atoms in total. The molecule has 0 saturated heterocycles. The Kier molecular flexibility index (Phi) is 3.79. The summed E-state index contributed by atoms with van der Waals surface area (Å²) in [5.41, 5.74) is 6.47. The number of nitrogen functional groups attached to an aromatic ring is 1. The first-order valence-electron chi connectivity index (χ1n) is 6.12. The van der Waals surface area contributed by atoms with Gasteiger partial charge in [-0.2, -0.15) is 5.10 Å². The average molecular weight is 339 g/mol. The molecule has 0 aliphatic rings. The zero-order valence-corrected chi connectivity index (χ0v) is 13.4. The molecule has 1 atom stereocenters. The summed E-state index contributed by atoms with van der Waals surface area (Å²) in [5.74, 6) is -0.215. The van der Waals surface area contributed by atoms with Crippen LogP contribution in [-0.4, -0.2) is 16.1 Å². The molecule has 0 bridgehead atoms. The molecular formula is C13H11ClN4OS2. The molecule has 0 aromatic carbocycles. The maximum atomic E-state index is 12.4. The third kappa shape index (κ3) is 2.72. The molecule has 3 rings (SSSR count).